The van der Waals surface area contributed by atoms with Crippen LogP contribution in [0.4, 0.5) is 5.82 Å². The van der Waals surface area contributed by atoms with E-state index in [0.717, 1.165) is 24.5 Å². The van der Waals surface area contributed by atoms with Gasteiger partial charge in [-0.3, -0.25) is 0 Å². The number of hydrogen-bond acceptors (Lipinski definition) is 4. The van der Waals surface area contributed by atoms with Crippen LogP contribution in [0, 0.1) is 0 Å². The van der Waals surface area contributed by atoms with E-state index in [1.165, 1.54) is 11.1 Å². The van der Waals surface area contributed by atoms with Gasteiger partial charge in [0.05, 0.1) is 7.11 Å². The Hall–Kier alpha value is -2.07. The Kier molecular flexibility index (Phi) is 4.96. The molecule has 4 heteroatoms. The van der Waals surface area contributed by atoms with Gasteiger partial charge < -0.3 is 15.4 Å². The molecule has 1 aromatic heterocycles. The van der Waals surface area contributed by atoms with Crippen LogP contribution in [0.5, 0.6) is 5.75 Å². The standard InChI is InChI=1S/C16H21N3O/c1-19(12-13-5-3-7-15(11-13)20-2)16-14(8-9-17)6-4-10-18-16/h3-7,10-11H,8-9,12,17H2,1-2H3. The molecule has 0 atom stereocenters. The molecule has 2 N–H and O–H groups in total. The van der Waals surface area contributed by atoms with Gasteiger partial charge in [-0.15, -0.1) is 0 Å². The maximum atomic E-state index is 5.66. The number of pyridine rings is 1. The van der Waals surface area contributed by atoms with Crippen LogP contribution in [0.2, 0.25) is 0 Å². The summed E-state index contributed by atoms with van der Waals surface area (Å²) in [6.45, 7) is 1.41. The maximum Gasteiger partial charge on any atom is 0.131 e. The van der Waals surface area contributed by atoms with Crippen LogP contribution in [0.25, 0.3) is 0 Å². The molecule has 20 heavy (non-hydrogen) atoms. The molecule has 0 fully saturated rings. The molecular formula is C16H21N3O. The molecule has 0 amide bonds. The predicted molar refractivity (Wildman–Crippen MR) is 82.1 cm³/mol. The minimum atomic E-state index is 0.631. The molecule has 106 valence electrons. The van der Waals surface area contributed by atoms with E-state index in [2.05, 4.69) is 22.0 Å². The first-order valence-corrected chi connectivity index (χ1v) is 6.72. The van der Waals surface area contributed by atoms with E-state index in [1.807, 2.05) is 37.5 Å². The third-order valence-electron chi connectivity index (χ3n) is 3.20. The molecule has 0 aliphatic rings. The van der Waals surface area contributed by atoms with Crippen molar-refractivity contribution < 1.29 is 4.74 Å². The number of hydrogen-bond donors (Lipinski definition) is 1. The van der Waals surface area contributed by atoms with Crippen LogP contribution in [0.15, 0.2) is 42.6 Å². The highest BCUT2D eigenvalue weighted by Gasteiger charge is 2.09. The molecule has 1 heterocycles. The number of anilines is 1. The van der Waals surface area contributed by atoms with Gasteiger partial charge in [0.25, 0.3) is 0 Å². The van der Waals surface area contributed by atoms with Crippen LogP contribution >= 0.6 is 0 Å². The lowest BCUT2D eigenvalue weighted by atomic mass is 10.1. The van der Waals surface area contributed by atoms with Gasteiger partial charge in [0.15, 0.2) is 0 Å². The van der Waals surface area contributed by atoms with Gasteiger partial charge in [0, 0.05) is 19.8 Å². The summed E-state index contributed by atoms with van der Waals surface area (Å²) in [6.07, 6.45) is 2.66. The quantitative estimate of drug-likeness (QED) is 0.875. The topological polar surface area (TPSA) is 51.4 Å². The first kappa shape index (κ1) is 14.3. The van der Waals surface area contributed by atoms with Crippen LogP contribution in [0.1, 0.15) is 11.1 Å². The number of aromatic nitrogens is 1. The molecule has 0 bridgehead atoms. The number of ether oxygens (including phenoxy) is 1. The van der Waals surface area contributed by atoms with Crippen molar-refractivity contribution in [2.45, 2.75) is 13.0 Å². The van der Waals surface area contributed by atoms with Crippen LogP contribution in [-0.2, 0) is 13.0 Å². The second-order valence-electron chi connectivity index (χ2n) is 4.73. The minimum Gasteiger partial charge on any atom is -0.497 e. The Morgan fingerprint density at radius 1 is 1.25 bits per heavy atom. The number of benzene rings is 1. The average Bonchev–Trinajstić information content (AvgIpc) is 2.48. The number of nitrogens with two attached hydrogens (primary N) is 1. The first-order chi connectivity index (χ1) is 9.74. The molecule has 2 aromatic rings. The molecule has 0 saturated carbocycles. The monoisotopic (exact) mass is 271 g/mol. The molecule has 0 spiro atoms. The van der Waals surface area contributed by atoms with Crippen molar-refractivity contribution in [3.63, 3.8) is 0 Å². The van der Waals surface area contributed by atoms with Crippen LogP contribution in [-0.4, -0.2) is 25.7 Å². The van der Waals surface area contributed by atoms with E-state index in [4.69, 9.17) is 10.5 Å². The summed E-state index contributed by atoms with van der Waals surface area (Å²) in [5.41, 5.74) is 8.03. The first-order valence-electron chi connectivity index (χ1n) is 6.72. The zero-order valence-electron chi connectivity index (χ0n) is 12.0. The Labute approximate surface area is 120 Å². The van der Waals surface area contributed by atoms with Crippen molar-refractivity contribution in [2.75, 3.05) is 25.6 Å². The Bertz CT molecular complexity index is 557. The summed E-state index contributed by atoms with van der Waals surface area (Å²) in [7, 11) is 3.72. The summed E-state index contributed by atoms with van der Waals surface area (Å²) in [6, 6.07) is 12.1. The lowest BCUT2D eigenvalue weighted by Crippen LogP contribution is -2.20. The van der Waals surface area contributed by atoms with Crippen LogP contribution in [0.3, 0.4) is 0 Å². The fourth-order valence-corrected chi connectivity index (χ4v) is 2.24. The summed E-state index contributed by atoms with van der Waals surface area (Å²) in [4.78, 5) is 6.61. The fraction of sp³-hybridized carbons (Fsp3) is 0.312. The molecule has 4 nitrogen and oxygen atoms in total. The Morgan fingerprint density at radius 2 is 2.10 bits per heavy atom. The number of rotatable bonds is 6. The second-order valence-corrected chi connectivity index (χ2v) is 4.73. The van der Waals surface area contributed by atoms with E-state index >= 15 is 0 Å². The van der Waals surface area contributed by atoms with Gasteiger partial charge in [0.2, 0.25) is 0 Å². The van der Waals surface area contributed by atoms with Crippen molar-refractivity contribution in [1.29, 1.82) is 0 Å². The largest absolute Gasteiger partial charge is 0.497 e. The molecule has 0 aliphatic carbocycles. The SMILES string of the molecule is COc1cccc(CN(C)c2ncccc2CCN)c1. The highest BCUT2D eigenvalue weighted by Crippen LogP contribution is 2.20. The summed E-state index contributed by atoms with van der Waals surface area (Å²) in [5, 5.41) is 0. The van der Waals surface area contributed by atoms with E-state index in [0.29, 0.717) is 6.54 Å². The highest BCUT2D eigenvalue weighted by atomic mass is 16.5. The fourth-order valence-electron chi connectivity index (χ4n) is 2.24. The molecular weight excluding hydrogens is 250 g/mol. The van der Waals surface area contributed by atoms with Gasteiger partial charge in [-0.2, -0.15) is 0 Å². The third kappa shape index (κ3) is 3.48. The highest BCUT2D eigenvalue weighted by molar-refractivity contribution is 5.47. The van der Waals surface area contributed by atoms with E-state index in [1.54, 1.807) is 7.11 Å². The van der Waals surface area contributed by atoms with E-state index in [-0.39, 0.29) is 0 Å². The van der Waals surface area contributed by atoms with Crippen LogP contribution < -0.4 is 15.4 Å². The molecule has 0 aliphatic heterocycles. The molecule has 0 unspecified atom stereocenters. The van der Waals surface area contributed by atoms with Crippen molar-refractivity contribution in [3.05, 3.63) is 53.7 Å². The van der Waals surface area contributed by atoms with E-state index in [9.17, 15) is 0 Å². The van der Waals surface area contributed by atoms with Crippen molar-refractivity contribution >= 4 is 5.82 Å². The van der Waals surface area contributed by atoms with Gasteiger partial charge in [-0.25, -0.2) is 4.98 Å². The number of methoxy groups -OCH3 is 1. The summed E-state index contributed by atoms with van der Waals surface area (Å²) >= 11 is 0. The zero-order chi connectivity index (χ0) is 14.4. The average molecular weight is 271 g/mol. The summed E-state index contributed by atoms with van der Waals surface area (Å²) in [5.74, 6) is 1.86. The smallest absolute Gasteiger partial charge is 0.131 e. The third-order valence-corrected chi connectivity index (χ3v) is 3.20. The lowest BCUT2D eigenvalue weighted by molar-refractivity contribution is 0.414. The Balaban J connectivity index is 2.17. The maximum absolute atomic E-state index is 5.66. The molecule has 0 saturated heterocycles. The van der Waals surface area contributed by atoms with Crippen molar-refractivity contribution in [2.24, 2.45) is 5.73 Å². The zero-order valence-corrected chi connectivity index (χ0v) is 12.0. The van der Waals surface area contributed by atoms with Gasteiger partial charge >= 0.3 is 0 Å². The van der Waals surface area contributed by atoms with Crippen molar-refractivity contribution in [3.8, 4) is 5.75 Å². The van der Waals surface area contributed by atoms with Gasteiger partial charge in [-0.1, -0.05) is 18.2 Å². The second kappa shape index (κ2) is 6.91. The minimum absolute atomic E-state index is 0.631. The predicted octanol–water partition coefficient (Wildman–Crippen LogP) is 2.23. The normalized spacial score (nSPS) is 10.3. The summed E-state index contributed by atoms with van der Waals surface area (Å²) < 4.78 is 5.25. The molecule has 2 rings (SSSR count). The molecule has 0 radical (unpaired) electrons. The van der Waals surface area contributed by atoms with Gasteiger partial charge in [0.1, 0.15) is 11.6 Å². The van der Waals surface area contributed by atoms with Gasteiger partial charge in [-0.05, 0) is 42.3 Å². The van der Waals surface area contributed by atoms with Crippen molar-refractivity contribution in [1.82, 2.24) is 4.98 Å². The molecule has 1 aromatic carbocycles. The lowest BCUT2D eigenvalue weighted by Gasteiger charge is -2.21. The van der Waals surface area contributed by atoms with E-state index < -0.39 is 0 Å². The Morgan fingerprint density at radius 3 is 2.85 bits per heavy atom. The number of nitrogens with zero attached hydrogens (tertiary/aromatic N) is 2.